The number of carbonyl (C=O) groups excluding carboxylic acids is 1. The van der Waals surface area contributed by atoms with E-state index in [1.807, 2.05) is 29.3 Å². The minimum absolute atomic E-state index is 0.0276. The number of carbonyl (C=O) groups is 1. The fourth-order valence-corrected chi connectivity index (χ4v) is 1.05. The van der Waals surface area contributed by atoms with Crippen LogP contribution in [0.4, 0.5) is 0 Å². The Bertz CT molecular complexity index is 243. The van der Waals surface area contributed by atoms with Crippen LogP contribution in [0.25, 0.3) is 0 Å². The van der Waals surface area contributed by atoms with E-state index in [0.717, 1.165) is 6.54 Å². The van der Waals surface area contributed by atoms with Crippen molar-refractivity contribution in [3.8, 4) is 0 Å². The molecule has 0 saturated carbocycles. The van der Waals surface area contributed by atoms with Gasteiger partial charge in [0.15, 0.2) is 0 Å². The lowest BCUT2D eigenvalue weighted by molar-refractivity contribution is -0.121. The molecule has 0 unspecified atom stereocenters. The van der Waals surface area contributed by atoms with Crippen LogP contribution in [0.3, 0.4) is 0 Å². The predicted molar refractivity (Wildman–Crippen MR) is 53.1 cm³/mol. The molecule has 0 aromatic rings. The smallest absolute Gasteiger partial charge is 0.239 e. The van der Waals surface area contributed by atoms with Crippen LogP contribution >= 0.6 is 0 Å². The molecule has 1 amide bonds. The summed E-state index contributed by atoms with van der Waals surface area (Å²) in [6, 6.07) is 0. The average molecular weight is 178 g/mol. The molecule has 0 atom stereocenters. The lowest BCUT2D eigenvalue weighted by atomic mass is 10.3. The van der Waals surface area contributed by atoms with Gasteiger partial charge in [0.25, 0.3) is 0 Å². The van der Waals surface area contributed by atoms with Crippen LogP contribution in [0.15, 0.2) is 37.1 Å². The van der Waals surface area contributed by atoms with Crippen LogP contribution in [0.5, 0.6) is 0 Å². The number of allylic oxidation sites excluding steroid dienone is 2. The summed E-state index contributed by atoms with van der Waals surface area (Å²) >= 11 is 0. The van der Waals surface area contributed by atoms with Crippen molar-refractivity contribution in [1.29, 1.82) is 0 Å². The molecule has 1 rings (SSSR count). The monoisotopic (exact) mass is 178 g/mol. The molecule has 0 radical (unpaired) electrons. The van der Waals surface area contributed by atoms with Crippen LogP contribution in [0, 0.1) is 0 Å². The minimum Gasteiger partial charge on any atom is -0.364 e. The molecular weight excluding hydrogens is 164 g/mol. The van der Waals surface area contributed by atoms with Gasteiger partial charge in [0, 0.05) is 13.1 Å². The average Bonchev–Trinajstić information content (AvgIpc) is 2.16. The second kappa shape index (κ2) is 5.19. The van der Waals surface area contributed by atoms with Crippen LogP contribution in [0.2, 0.25) is 0 Å². The van der Waals surface area contributed by atoms with Gasteiger partial charge in [0.2, 0.25) is 5.91 Å². The Morgan fingerprint density at radius 3 is 3.08 bits per heavy atom. The van der Waals surface area contributed by atoms with E-state index in [1.165, 1.54) is 0 Å². The maximum absolute atomic E-state index is 11.2. The van der Waals surface area contributed by atoms with Gasteiger partial charge in [0.1, 0.15) is 0 Å². The van der Waals surface area contributed by atoms with Crippen molar-refractivity contribution in [1.82, 2.24) is 10.2 Å². The summed E-state index contributed by atoms with van der Waals surface area (Å²) in [5.74, 6) is 0.0276. The highest BCUT2D eigenvalue weighted by molar-refractivity contribution is 5.78. The standard InChI is InChI=1S/C10H14N2O/c1-2-6-11-10(13)9-12-7-4-3-5-8-12/h2-5,7H,1,6,8-9H2,(H,11,13). The number of amides is 1. The highest BCUT2D eigenvalue weighted by atomic mass is 16.2. The molecule has 0 aromatic carbocycles. The fourth-order valence-electron chi connectivity index (χ4n) is 1.05. The van der Waals surface area contributed by atoms with Gasteiger partial charge in [-0.25, -0.2) is 0 Å². The van der Waals surface area contributed by atoms with E-state index in [0.29, 0.717) is 13.1 Å². The summed E-state index contributed by atoms with van der Waals surface area (Å²) in [7, 11) is 0. The molecular formula is C10H14N2O. The topological polar surface area (TPSA) is 32.3 Å². The Labute approximate surface area is 78.4 Å². The van der Waals surface area contributed by atoms with Crippen molar-refractivity contribution < 1.29 is 4.79 Å². The molecule has 0 aliphatic carbocycles. The van der Waals surface area contributed by atoms with E-state index < -0.39 is 0 Å². The number of rotatable bonds is 4. The molecule has 0 spiro atoms. The Morgan fingerprint density at radius 1 is 1.62 bits per heavy atom. The van der Waals surface area contributed by atoms with Crippen LogP contribution in [-0.2, 0) is 4.79 Å². The Kier molecular flexibility index (Phi) is 3.82. The summed E-state index contributed by atoms with van der Waals surface area (Å²) in [5.41, 5.74) is 0. The first-order valence-corrected chi connectivity index (χ1v) is 4.28. The van der Waals surface area contributed by atoms with Gasteiger partial charge in [-0.2, -0.15) is 0 Å². The third-order valence-corrected chi connectivity index (χ3v) is 1.67. The summed E-state index contributed by atoms with van der Waals surface area (Å²) in [5, 5.41) is 2.72. The van der Waals surface area contributed by atoms with E-state index in [2.05, 4.69) is 11.9 Å². The number of hydrogen-bond donors (Lipinski definition) is 1. The minimum atomic E-state index is 0.0276. The van der Waals surface area contributed by atoms with Gasteiger partial charge in [-0.1, -0.05) is 18.2 Å². The third-order valence-electron chi connectivity index (χ3n) is 1.67. The van der Waals surface area contributed by atoms with Gasteiger partial charge in [-0.05, 0) is 12.3 Å². The van der Waals surface area contributed by atoms with Crippen molar-refractivity contribution in [2.24, 2.45) is 0 Å². The van der Waals surface area contributed by atoms with Gasteiger partial charge < -0.3 is 10.2 Å². The lowest BCUT2D eigenvalue weighted by Gasteiger charge is -2.19. The maximum Gasteiger partial charge on any atom is 0.239 e. The zero-order valence-corrected chi connectivity index (χ0v) is 7.57. The Morgan fingerprint density at radius 2 is 2.46 bits per heavy atom. The molecule has 0 bridgehead atoms. The molecule has 13 heavy (non-hydrogen) atoms. The zero-order chi connectivity index (χ0) is 9.52. The molecule has 1 heterocycles. The van der Waals surface area contributed by atoms with Crippen LogP contribution in [0.1, 0.15) is 0 Å². The molecule has 0 aromatic heterocycles. The normalized spacial score (nSPS) is 14.3. The van der Waals surface area contributed by atoms with Gasteiger partial charge in [-0.15, -0.1) is 6.58 Å². The zero-order valence-electron chi connectivity index (χ0n) is 7.57. The number of hydrogen-bond acceptors (Lipinski definition) is 2. The van der Waals surface area contributed by atoms with E-state index in [4.69, 9.17) is 0 Å². The predicted octanol–water partition coefficient (Wildman–Crippen LogP) is 0.674. The highest BCUT2D eigenvalue weighted by Crippen LogP contribution is 1.96. The SMILES string of the molecule is C=CCNC(=O)CN1C=CC=CC1. The third kappa shape index (κ3) is 3.60. The summed E-state index contributed by atoms with van der Waals surface area (Å²) < 4.78 is 0. The maximum atomic E-state index is 11.2. The van der Waals surface area contributed by atoms with Gasteiger partial charge >= 0.3 is 0 Å². The molecule has 3 nitrogen and oxygen atoms in total. The van der Waals surface area contributed by atoms with Crippen LogP contribution < -0.4 is 5.32 Å². The molecule has 70 valence electrons. The van der Waals surface area contributed by atoms with Crippen molar-refractivity contribution in [3.63, 3.8) is 0 Å². The molecule has 3 heteroatoms. The second-order valence-electron chi connectivity index (χ2n) is 2.79. The van der Waals surface area contributed by atoms with E-state index >= 15 is 0 Å². The van der Waals surface area contributed by atoms with E-state index in [1.54, 1.807) is 6.08 Å². The van der Waals surface area contributed by atoms with Crippen molar-refractivity contribution in [2.75, 3.05) is 19.6 Å². The summed E-state index contributed by atoms with van der Waals surface area (Å²) in [6.07, 6.45) is 9.49. The van der Waals surface area contributed by atoms with Crippen molar-refractivity contribution in [2.45, 2.75) is 0 Å². The Hall–Kier alpha value is -1.51. The first-order valence-electron chi connectivity index (χ1n) is 4.28. The number of nitrogens with zero attached hydrogens (tertiary/aromatic N) is 1. The van der Waals surface area contributed by atoms with E-state index in [-0.39, 0.29) is 5.91 Å². The fraction of sp³-hybridized carbons (Fsp3) is 0.300. The van der Waals surface area contributed by atoms with Crippen molar-refractivity contribution >= 4 is 5.91 Å². The first-order chi connectivity index (χ1) is 6.33. The lowest BCUT2D eigenvalue weighted by Crippen LogP contribution is -2.35. The molecule has 1 N–H and O–H groups in total. The largest absolute Gasteiger partial charge is 0.364 e. The summed E-state index contributed by atoms with van der Waals surface area (Å²) in [4.78, 5) is 13.2. The molecule has 1 aliphatic heterocycles. The van der Waals surface area contributed by atoms with Crippen molar-refractivity contribution in [3.05, 3.63) is 37.1 Å². The quantitative estimate of drug-likeness (QED) is 0.642. The summed E-state index contributed by atoms with van der Waals surface area (Å²) in [6.45, 7) is 5.27. The first kappa shape index (κ1) is 9.58. The molecule has 0 fully saturated rings. The van der Waals surface area contributed by atoms with Crippen LogP contribution in [-0.4, -0.2) is 30.4 Å². The van der Waals surface area contributed by atoms with E-state index in [9.17, 15) is 4.79 Å². The van der Waals surface area contributed by atoms with Gasteiger partial charge in [-0.3, -0.25) is 4.79 Å². The van der Waals surface area contributed by atoms with Gasteiger partial charge in [0.05, 0.1) is 6.54 Å². The molecule has 1 aliphatic rings. The second-order valence-corrected chi connectivity index (χ2v) is 2.79. The Balaban J connectivity index is 2.23. The molecule has 0 saturated heterocycles. The number of nitrogens with one attached hydrogen (secondary N) is 1. The highest BCUT2D eigenvalue weighted by Gasteiger charge is 2.05.